The number of aliphatic hydroxyl groups excluding tert-OH is 3. The van der Waals surface area contributed by atoms with Gasteiger partial charge in [-0.25, -0.2) is 4.18 Å². The molecule has 6 unspecified atom stereocenters. The maximum atomic E-state index is 11.9. The van der Waals surface area contributed by atoms with E-state index in [1.165, 1.54) is 64.2 Å². The van der Waals surface area contributed by atoms with Crippen LogP contribution >= 0.6 is 0 Å². The molecule has 1 heterocycles. The monoisotopic (exact) mass is 640 g/mol. The van der Waals surface area contributed by atoms with Crippen LogP contribution < -0.4 is 0 Å². The van der Waals surface area contributed by atoms with Gasteiger partial charge >= 0.3 is 16.4 Å². The highest BCUT2D eigenvalue weighted by atomic mass is 32.3. The van der Waals surface area contributed by atoms with Crippen LogP contribution in [0.4, 0.5) is 0 Å². The van der Waals surface area contributed by atoms with Crippen LogP contribution in [0.1, 0.15) is 110 Å². The Labute approximate surface area is 258 Å². The van der Waals surface area contributed by atoms with Crippen LogP contribution in [-0.4, -0.2) is 97.5 Å². The lowest BCUT2D eigenvalue weighted by molar-refractivity contribution is -0.301. The fourth-order valence-electron chi connectivity index (χ4n) is 4.70. The lowest BCUT2D eigenvalue weighted by Crippen LogP contribution is -2.60. The summed E-state index contributed by atoms with van der Waals surface area (Å²) in [5.41, 5.74) is 0. The van der Waals surface area contributed by atoms with E-state index < -0.39 is 59.8 Å². The maximum Gasteiger partial charge on any atom is 0.397 e. The van der Waals surface area contributed by atoms with E-state index in [-0.39, 0.29) is 19.6 Å². The van der Waals surface area contributed by atoms with Gasteiger partial charge in [-0.15, -0.1) is 0 Å². The van der Waals surface area contributed by atoms with Crippen molar-refractivity contribution in [2.24, 2.45) is 0 Å². The van der Waals surface area contributed by atoms with Crippen LogP contribution in [0, 0.1) is 0 Å². The van der Waals surface area contributed by atoms with Crippen molar-refractivity contribution in [3.05, 3.63) is 12.2 Å². The van der Waals surface area contributed by atoms with E-state index in [9.17, 15) is 28.5 Å². The Morgan fingerprint density at radius 1 is 0.860 bits per heavy atom. The summed E-state index contributed by atoms with van der Waals surface area (Å²) in [4.78, 5) is 11.9. The number of hydrogen-bond acceptors (Lipinski definition) is 11. The van der Waals surface area contributed by atoms with Gasteiger partial charge in [0.05, 0.1) is 19.8 Å². The van der Waals surface area contributed by atoms with Crippen LogP contribution in [-0.2, 0) is 38.3 Å². The third-order valence-electron chi connectivity index (χ3n) is 7.19. The van der Waals surface area contributed by atoms with Crippen molar-refractivity contribution in [3.63, 3.8) is 0 Å². The second-order valence-corrected chi connectivity index (χ2v) is 12.1. The molecule has 43 heavy (non-hydrogen) atoms. The molecule has 0 amide bonds. The predicted molar refractivity (Wildman–Crippen MR) is 161 cm³/mol. The van der Waals surface area contributed by atoms with Crippen molar-refractivity contribution >= 4 is 16.4 Å². The highest BCUT2D eigenvalue weighted by molar-refractivity contribution is 7.80. The number of carbonyl (C=O) groups is 1. The second-order valence-electron chi connectivity index (χ2n) is 11.0. The van der Waals surface area contributed by atoms with Gasteiger partial charge in [-0.05, 0) is 32.1 Å². The standard InChI is InChI=1S/C30H56O12S/c1-3-5-6-7-8-9-10-11-12-13-14-15-16-17-18-19-20-38-22-24(40-26(32)4-2)23-39-30-28(34)29(42-43(35,36)37)27(33)25(21-31)41-30/h11-12,24-25,27-31,33-34H,3-10,13-23H2,1-2H3,(H,35,36,37)/b12-11-. The summed E-state index contributed by atoms with van der Waals surface area (Å²) < 4.78 is 57.5. The fourth-order valence-corrected chi connectivity index (χ4v) is 5.21. The fraction of sp³-hybridized carbons (Fsp3) is 0.900. The quantitative estimate of drug-likeness (QED) is 0.0463. The van der Waals surface area contributed by atoms with Crippen molar-refractivity contribution in [1.82, 2.24) is 0 Å². The molecule has 1 aliphatic rings. The number of allylic oxidation sites excluding steroid dienone is 2. The number of ether oxygens (including phenoxy) is 4. The van der Waals surface area contributed by atoms with Crippen molar-refractivity contribution in [1.29, 1.82) is 0 Å². The Bertz CT molecular complexity index is 837. The molecule has 1 rings (SSSR count). The summed E-state index contributed by atoms with van der Waals surface area (Å²) in [6.07, 6.45) is 12.4. The third-order valence-corrected chi connectivity index (χ3v) is 7.66. The van der Waals surface area contributed by atoms with Gasteiger partial charge < -0.3 is 34.3 Å². The number of hydrogen-bond donors (Lipinski definition) is 4. The lowest BCUT2D eigenvalue weighted by Gasteiger charge is -2.41. The van der Waals surface area contributed by atoms with Crippen LogP contribution in [0.5, 0.6) is 0 Å². The van der Waals surface area contributed by atoms with Crippen LogP contribution in [0.15, 0.2) is 12.2 Å². The first kappa shape index (κ1) is 39.9. The molecule has 1 aliphatic heterocycles. The van der Waals surface area contributed by atoms with E-state index in [1.54, 1.807) is 6.92 Å². The molecule has 0 aromatic rings. The normalized spacial score (nSPS) is 23.5. The molecule has 0 radical (unpaired) electrons. The maximum absolute atomic E-state index is 11.9. The summed E-state index contributed by atoms with van der Waals surface area (Å²) in [5, 5.41) is 30.0. The first-order chi connectivity index (χ1) is 20.6. The molecule has 0 bridgehead atoms. The highest BCUT2D eigenvalue weighted by Gasteiger charge is 2.48. The summed E-state index contributed by atoms with van der Waals surface area (Å²) in [6.45, 7) is 3.33. The highest BCUT2D eigenvalue weighted by Crippen LogP contribution is 2.25. The van der Waals surface area contributed by atoms with Gasteiger partial charge in [-0.2, -0.15) is 8.42 Å². The molecular weight excluding hydrogens is 584 g/mol. The molecule has 1 saturated heterocycles. The minimum absolute atomic E-state index is 0.0244. The van der Waals surface area contributed by atoms with Crippen LogP contribution in [0.3, 0.4) is 0 Å². The van der Waals surface area contributed by atoms with Crippen molar-refractivity contribution < 1.29 is 56.2 Å². The van der Waals surface area contributed by atoms with E-state index in [1.807, 2.05) is 0 Å². The minimum Gasteiger partial charge on any atom is -0.457 e. The number of rotatable bonds is 26. The molecule has 254 valence electrons. The Morgan fingerprint density at radius 2 is 1.44 bits per heavy atom. The Balaban J connectivity index is 2.28. The van der Waals surface area contributed by atoms with Gasteiger partial charge in [0.25, 0.3) is 0 Å². The molecule has 1 fully saturated rings. The molecular formula is C30H56O12S. The summed E-state index contributed by atoms with van der Waals surface area (Å²) >= 11 is 0. The Hall–Kier alpha value is -1.16. The molecule has 0 aliphatic carbocycles. The molecule has 6 atom stereocenters. The van der Waals surface area contributed by atoms with Gasteiger partial charge in [0.15, 0.2) is 6.29 Å². The second kappa shape index (κ2) is 24.1. The molecule has 0 aromatic heterocycles. The molecule has 0 spiro atoms. The Morgan fingerprint density at radius 3 is 2.00 bits per heavy atom. The van der Waals surface area contributed by atoms with Gasteiger partial charge in [-0.1, -0.05) is 83.8 Å². The summed E-state index contributed by atoms with van der Waals surface area (Å²) in [6, 6.07) is 0. The average Bonchev–Trinajstić information content (AvgIpc) is 2.97. The zero-order valence-corrected chi connectivity index (χ0v) is 26.8. The summed E-state index contributed by atoms with van der Waals surface area (Å²) in [5.74, 6) is -0.490. The first-order valence-corrected chi connectivity index (χ1v) is 17.3. The largest absolute Gasteiger partial charge is 0.457 e. The van der Waals surface area contributed by atoms with E-state index in [2.05, 4.69) is 23.3 Å². The topological polar surface area (TPSA) is 178 Å². The minimum atomic E-state index is -5.04. The number of unbranched alkanes of at least 4 members (excludes halogenated alkanes) is 12. The average molecular weight is 641 g/mol. The lowest BCUT2D eigenvalue weighted by atomic mass is 9.99. The first-order valence-electron chi connectivity index (χ1n) is 15.9. The van der Waals surface area contributed by atoms with E-state index >= 15 is 0 Å². The van der Waals surface area contributed by atoms with Gasteiger partial charge in [-0.3, -0.25) is 9.35 Å². The smallest absolute Gasteiger partial charge is 0.397 e. The van der Waals surface area contributed by atoms with E-state index in [0.717, 1.165) is 25.7 Å². The van der Waals surface area contributed by atoms with Gasteiger partial charge in [0, 0.05) is 13.0 Å². The molecule has 0 saturated carbocycles. The SMILES string of the molecule is CCCCCCCC/C=C\CCCCCCCCOCC(COC1OC(CO)C(O)C(OS(=O)(=O)O)C1O)OC(=O)CC. The van der Waals surface area contributed by atoms with Crippen molar-refractivity contribution in [3.8, 4) is 0 Å². The zero-order valence-electron chi connectivity index (χ0n) is 26.0. The molecule has 12 nitrogen and oxygen atoms in total. The van der Waals surface area contributed by atoms with Crippen molar-refractivity contribution in [2.45, 2.75) is 147 Å². The predicted octanol–water partition coefficient (Wildman–Crippen LogP) is 4.01. The third kappa shape index (κ3) is 19.1. The zero-order chi connectivity index (χ0) is 31.9. The van der Waals surface area contributed by atoms with Crippen LogP contribution in [0.25, 0.3) is 0 Å². The number of esters is 1. The summed E-state index contributed by atoms with van der Waals surface area (Å²) in [7, 11) is -5.04. The number of aliphatic hydroxyl groups is 3. The Kier molecular flexibility index (Phi) is 22.4. The van der Waals surface area contributed by atoms with E-state index in [4.69, 9.17) is 23.5 Å². The van der Waals surface area contributed by atoms with Gasteiger partial charge in [0.2, 0.25) is 0 Å². The molecule has 13 heteroatoms. The van der Waals surface area contributed by atoms with E-state index in [0.29, 0.717) is 6.61 Å². The van der Waals surface area contributed by atoms with Crippen LogP contribution in [0.2, 0.25) is 0 Å². The van der Waals surface area contributed by atoms with Crippen molar-refractivity contribution in [2.75, 3.05) is 26.4 Å². The molecule has 4 N–H and O–H groups in total. The number of carbonyl (C=O) groups excluding carboxylic acids is 1. The van der Waals surface area contributed by atoms with Gasteiger partial charge in [0.1, 0.15) is 30.5 Å². The molecule has 0 aromatic carbocycles.